The van der Waals surface area contributed by atoms with E-state index in [9.17, 15) is 4.79 Å². The van der Waals surface area contributed by atoms with Crippen LogP contribution in [0.15, 0.2) is 60.5 Å². The molecule has 2 N–H and O–H groups in total. The average Bonchev–Trinajstić information content (AvgIpc) is 3.18. The zero-order valence-electron chi connectivity index (χ0n) is 20.7. The summed E-state index contributed by atoms with van der Waals surface area (Å²) in [7, 11) is 0. The van der Waals surface area contributed by atoms with Gasteiger partial charge in [0.25, 0.3) is 0 Å². The first-order valence-corrected chi connectivity index (χ1v) is 12.9. The molecule has 8 heteroatoms. The normalized spacial score (nSPS) is 29.4. The number of H-pyrrole nitrogens is 1. The number of allylic oxidation sites excluding steroid dienone is 2. The highest BCUT2D eigenvalue weighted by Crippen LogP contribution is 2.49. The van der Waals surface area contributed by atoms with Crippen LogP contribution in [-0.4, -0.2) is 50.3 Å². The van der Waals surface area contributed by atoms with Gasteiger partial charge in [-0.1, -0.05) is 41.6 Å². The first-order chi connectivity index (χ1) is 17.5. The molecule has 0 spiro atoms. The summed E-state index contributed by atoms with van der Waals surface area (Å²) >= 11 is 0. The average molecular weight is 488 g/mol. The number of hydrogen-bond donors (Lipinski definition) is 2. The molecule has 1 aliphatic carbocycles. The third kappa shape index (κ3) is 4.51. The Labute approximate surface area is 210 Å². The smallest absolute Gasteiger partial charge is 0.334 e. The predicted octanol–water partition coefficient (Wildman–Crippen LogP) is 3.85. The zero-order chi connectivity index (χ0) is 24.7. The third-order valence-electron chi connectivity index (χ3n) is 7.94. The van der Waals surface area contributed by atoms with Crippen molar-refractivity contribution in [2.75, 3.05) is 6.54 Å². The number of nitrogens with zero attached hydrogens (tertiary/aromatic N) is 3. The highest BCUT2D eigenvalue weighted by atomic mass is 16.6. The van der Waals surface area contributed by atoms with Gasteiger partial charge in [-0.15, -0.1) is 5.10 Å². The van der Waals surface area contributed by atoms with Crippen LogP contribution in [0.5, 0.6) is 0 Å². The lowest BCUT2D eigenvalue weighted by atomic mass is 9.84. The van der Waals surface area contributed by atoms with Gasteiger partial charge < -0.3 is 19.8 Å². The zero-order valence-corrected chi connectivity index (χ0v) is 20.7. The molecule has 0 bridgehead atoms. The van der Waals surface area contributed by atoms with Crippen LogP contribution in [0.2, 0.25) is 0 Å². The molecule has 2 fully saturated rings. The number of nitrogens with one attached hydrogen (secondary N) is 2. The number of ether oxygens (including phenoxy) is 2. The summed E-state index contributed by atoms with van der Waals surface area (Å²) in [6.45, 7) is 8.38. The number of hydrogen-bond acceptors (Lipinski definition) is 6. The van der Waals surface area contributed by atoms with Crippen molar-refractivity contribution in [1.29, 1.82) is 0 Å². The second-order valence-electron chi connectivity index (χ2n) is 10.5. The van der Waals surface area contributed by atoms with E-state index in [1.54, 1.807) is 0 Å². The standard InChI is InChI=1S/C28H33N5O3/c1-18-22-10-9-19(6-5-12-28(2)26(36-28)25(22)35-27(18)34)16-33-17-21(31-32-33)15-29-13-11-20-14-30-24-8-4-3-7-23(20)24/h3-4,6-8,14,17,22,25-26,29-30H,1,5,9-13,15-16H2,2H3/b19-6+/t22-,25-,26-,28+/m0/s1. The van der Waals surface area contributed by atoms with Crippen molar-refractivity contribution in [2.24, 2.45) is 5.92 Å². The van der Waals surface area contributed by atoms with Gasteiger partial charge in [0.2, 0.25) is 0 Å². The molecule has 3 aromatic rings. The molecule has 0 unspecified atom stereocenters. The maximum atomic E-state index is 12.2. The van der Waals surface area contributed by atoms with Crippen LogP contribution in [0.3, 0.4) is 0 Å². The molecule has 2 aromatic heterocycles. The number of carbonyl (C=O) groups excluding carboxylic acids is 1. The molecule has 0 radical (unpaired) electrons. The number of aromatic nitrogens is 4. The first-order valence-electron chi connectivity index (χ1n) is 12.9. The Morgan fingerprint density at radius 2 is 2.22 bits per heavy atom. The molecule has 0 amide bonds. The van der Waals surface area contributed by atoms with Crippen molar-refractivity contribution in [3.63, 3.8) is 0 Å². The maximum absolute atomic E-state index is 12.2. The van der Waals surface area contributed by atoms with Crippen molar-refractivity contribution in [1.82, 2.24) is 25.3 Å². The Morgan fingerprint density at radius 3 is 3.14 bits per heavy atom. The lowest BCUT2D eigenvalue weighted by Gasteiger charge is -2.20. The van der Waals surface area contributed by atoms with Crippen LogP contribution in [0.1, 0.15) is 43.9 Å². The van der Waals surface area contributed by atoms with Crippen LogP contribution in [0.25, 0.3) is 10.9 Å². The van der Waals surface area contributed by atoms with E-state index in [2.05, 4.69) is 64.6 Å². The summed E-state index contributed by atoms with van der Waals surface area (Å²) in [5.74, 6) is -0.260. The van der Waals surface area contributed by atoms with Crippen LogP contribution in [-0.2, 0) is 33.8 Å². The second-order valence-corrected chi connectivity index (χ2v) is 10.5. The van der Waals surface area contributed by atoms with E-state index in [0.29, 0.717) is 18.7 Å². The Kier molecular flexibility index (Phi) is 6.01. The van der Waals surface area contributed by atoms with Crippen molar-refractivity contribution >= 4 is 16.9 Å². The van der Waals surface area contributed by atoms with E-state index >= 15 is 0 Å². The molecular weight excluding hydrogens is 454 g/mol. The number of benzene rings is 1. The molecule has 1 aromatic carbocycles. The number of para-hydroxylation sites is 1. The van der Waals surface area contributed by atoms with Crippen molar-refractivity contribution in [3.05, 3.63) is 71.7 Å². The van der Waals surface area contributed by atoms with Gasteiger partial charge in [-0.3, -0.25) is 0 Å². The number of carbonyl (C=O) groups is 1. The fraction of sp³-hybridized carbons (Fsp3) is 0.464. The van der Waals surface area contributed by atoms with E-state index in [1.165, 1.54) is 22.0 Å². The minimum Gasteiger partial charge on any atom is -0.455 e. The minimum absolute atomic E-state index is 0.0120. The molecule has 6 rings (SSSR count). The van der Waals surface area contributed by atoms with Crippen molar-refractivity contribution < 1.29 is 14.3 Å². The number of fused-ring (bicyclic) bond motifs is 4. The van der Waals surface area contributed by atoms with E-state index in [0.717, 1.165) is 44.3 Å². The first kappa shape index (κ1) is 23.2. The molecule has 2 aliphatic heterocycles. The number of epoxide rings is 1. The van der Waals surface area contributed by atoms with Crippen LogP contribution >= 0.6 is 0 Å². The molecule has 4 atom stereocenters. The van der Waals surface area contributed by atoms with Gasteiger partial charge in [-0.05, 0) is 57.2 Å². The Morgan fingerprint density at radius 1 is 1.33 bits per heavy atom. The van der Waals surface area contributed by atoms with Gasteiger partial charge in [0.15, 0.2) is 0 Å². The van der Waals surface area contributed by atoms with E-state index < -0.39 is 0 Å². The van der Waals surface area contributed by atoms with Crippen LogP contribution < -0.4 is 5.32 Å². The fourth-order valence-electron chi connectivity index (χ4n) is 5.75. The lowest BCUT2D eigenvalue weighted by Crippen LogP contribution is -2.29. The minimum atomic E-state index is -0.272. The Balaban J connectivity index is 1.04. The van der Waals surface area contributed by atoms with E-state index in [1.807, 2.05) is 16.9 Å². The maximum Gasteiger partial charge on any atom is 0.334 e. The highest BCUT2D eigenvalue weighted by molar-refractivity contribution is 5.91. The second kappa shape index (κ2) is 9.33. The van der Waals surface area contributed by atoms with Gasteiger partial charge >= 0.3 is 5.97 Å². The Bertz CT molecular complexity index is 1320. The number of aromatic amines is 1. The van der Waals surface area contributed by atoms with Gasteiger partial charge in [0, 0.05) is 35.1 Å². The predicted molar refractivity (Wildman–Crippen MR) is 136 cm³/mol. The van der Waals surface area contributed by atoms with Crippen LogP contribution in [0.4, 0.5) is 0 Å². The third-order valence-corrected chi connectivity index (χ3v) is 7.94. The monoisotopic (exact) mass is 487 g/mol. The quantitative estimate of drug-likeness (QED) is 0.173. The Hall–Kier alpha value is -3.23. The molecule has 188 valence electrons. The summed E-state index contributed by atoms with van der Waals surface area (Å²) in [5.41, 5.74) is 5.09. The summed E-state index contributed by atoms with van der Waals surface area (Å²) in [5, 5.41) is 13.5. The largest absolute Gasteiger partial charge is 0.455 e. The lowest BCUT2D eigenvalue weighted by molar-refractivity contribution is -0.140. The highest BCUT2D eigenvalue weighted by Gasteiger charge is 2.61. The molecule has 0 saturated carbocycles. The molecule has 36 heavy (non-hydrogen) atoms. The molecule has 8 nitrogen and oxygen atoms in total. The SMILES string of the molecule is C=C1C(=O)O[C@H]2[C@H]1CC/C(Cn1cc(CNCCc3c[nH]c4ccccc34)nn1)=C\CC[C@@]1(C)O[C@@H]21. The van der Waals surface area contributed by atoms with E-state index in [-0.39, 0.29) is 29.7 Å². The summed E-state index contributed by atoms with van der Waals surface area (Å²) in [6.07, 6.45) is 10.7. The summed E-state index contributed by atoms with van der Waals surface area (Å²) in [6, 6.07) is 8.39. The molecule has 4 heterocycles. The molecule has 2 saturated heterocycles. The van der Waals surface area contributed by atoms with Gasteiger partial charge in [-0.25, -0.2) is 9.48 Å². The van der Waals surface area contributed by atoms with Gasteiger partial charge in [-0.2, -0.15) is 0 Å². The fourth-order valence-corrected chi connectivity index (χ4v) is 5.75. The van der Waals surface area contributed by atoms with Crippen LogP contribution in [0, 0.1) is 5.92 Å². The number of rotatable bonds is 7. The molecule has 3 aliphatic rings. The molecular formula is C28H33N5O3. The topological polar surface area (TPSA) is 97.4 Å². The van der Waals surface area contributed by atoms with E-state index in [4.69, 9.17) is 9.47 Å². The summed E-state index contributed by atoms with van der Waals surface area (Å²) in [4.78, 5) is 15.5. The number of esters is 1. The van der Waals surface area contributed by atoms with Crippen molar-refractivity contribution in [3.8, 4) is 0 Å². The van der Waals surface area contributed by atoms with Crippen molar-refractivity contribution in [2.45, 2.75) is 69.9 Å². The van der Waals surface area contributed by atoms with Gasteiger partial charge in [0.1, 0.15) is 12.2 Å². The van der Waals surface area contributed by atoms with Gasteiger partial charge in [0.05, 0.1) is 24.0 Å². The summed E-state index contributed by atoms with van der Waals surface area (Å²) < 4.78 is 13.6.